The van der Waals surface area contributed by atoms with Gasteiger partial charge in [0.15, 0.2) is 16.2 Å². The molecule has 0 bridgehead atoms. The Hall–Kier alpha value is -3.36. The maximum absolute atomic E-state index is 12.0. The molecule has 5 aliphatic carbocycles. The Labute approximate surface area is 418 Å². The summed E-state index contributed by atoms with van der Waals surface area (Å²) < 4.78 is 34.4. The molecule has 5 rings (SSSR count). The molecular formula is C47H79NaO19. The maximum Gasteiger partial charge on any atom is 1.00 e. The van der Waals surface area contributed by atoms with Crippen molar-refractivity contribution in [2.75, 3.05) is 46.8 Å². The van der Waals surface area contributed by atoms with Gasteiger partial charge in [-0.05, 0) is 153 Å². The van der Waals surface area contributed by atoms with Crippen LogP contribution in [0.25, 0.3) is 0 Å². The fourth-order valence-corrected chi connectivity index (χ4v) is 7.20. The van der Waals surface area contributed by atoms with Gasteiger partial charge in [-0.2, -0.15) is 0 Å². The van der Waals surface area contributed by atoms with Crippen molar-refractivity contribution >= 4 is 47.8 Å². The molecule has 20 heteroatoms. The first kappa shape index (κ1) is 65.7. The summed E-state index contributed by atoms with van der Waals surface area (Å²) >= 11 is 0. The Morgan fingerprint density at radius 2 is 0.687 bits per heavy atom. The van der Waals surface area contributed by atoms with Crippen LogP contribution in [0.3, 0.4) is 0 Å². The van der Waals surface area contributed by atoms with Crippen molar-refractivity contribution < 1.29 is 122 Å². The van der Waals surface area contributed by atoms with Crippen LogP contribution in [0, 0.1) is 27.1 Å². The van der Waals surface area contributed by atoms with Gasteiger partial charge in [-0.25, -0.2) is 0 Å². The molecule has 0 atom stereocenters. The molecule has 4 N–H and O–H groups in total. The molecule has 5 fully saturated rings. The number of aliphatic carboxylic acids is 1. The number of esters is 7. The number of hydrogen-bond acceptors (Lipinski definition) is 18. The van der Waals surface area contributed by atoms with Crippen molar-refractivity contribution in [2.24, 2.45) is 27.1 Å². The van der Waals surface area contributed by atoms with E-state index in [9.17, 15) is 38.4 Å². The van der Waals surface area contributed by atoms with Gasteiger partial charge in [-0.1, -0.05) is 12.8 Å². The number of ether oxygens (including phenoxy) is 7. The van der Waals surface area contributed by atoms with Crippen molar-refractivity contribution in [3.63, 3.8) is 0 Å². The van der Waals surface area contributed by atoms with E-state index in [1.54, 1.807) is 48.5 Å². The van der Waals surface area contributed by atoms with Gasteiger partial charge in [-0.3, -0.25) is 38.4 Å². The van der Waals surface area contributed by atoms with Gasteiger partial charge in [0.1, 0.15) is 11.2 Å². The standard InChI is InChI=1S/C12H20O4.C10H16O4.C10H18O3.C8H12O4.C7H12O3.Na.H2O/c1-5-15-9(13)12(7-6-8-12)10(14)16-11(2,3)4;1-3-13-8(11)10(6-5-7-10)9(12)14-4-2;1-9(2,3)13-8(12)10(7-11)5-4-6-10;1-2-12-7(11)8(6(9)10)4-3-5-8;1-10-6(9)7(5-8)3-2-4-7;;/h5-8H2,1-4H3;3-7H2,1-2H3;11H,4-7H2,1-3H3;2-5H2,1H3,(H,9,10);8H,2-5H2,1H3;;1H2/q;;;;;+1;/p-1. The van der Waals surface area contributed by atoms with E-state index in [0.717, 1.165) is 57.8 Å². The maximum atomic E-state index is 12.0. The molecular weight excluding hydrogens is 891 g/mol. The fraction of sp³-hybridized carbons (Fsp3) is 0.830. The Bertz CT molecular complexity index is 1580. The van der Waals surface area contributed by atoms with Gasteiger partial charge >= 0.3 is 77.3 Å². The zero-order valence-corrected chi connectivity index (χ0v) is 44.3. The average molecular weight is 971 g/mol. The number of methoxy groups -OCH3 is 1. The molecule has 0 aromatic carbocycles. The largest absolute Gasteiger partial charge is 1.00 e. The predicted octanol–water partition coefficient (Wildman–Crippen LogP) is 2.79. The normalized spacial score (nSPS) is 18.9. The Morgan fingerprint density at radius 3 is 0.866 bits per heavy atom. The van der Waals surface area contributed by atoms with Crippen molar-refractivity contribution in [1.29, 1.82) is 0 Å². The first-order chi connectivity index (χ1) is 30.3. The number of rotatable bonds is 14. The molecule has 382 valence electrons. The minimum absolute atomic E-state index is 0. The molecule has 0 heterocycles. The summed E-state index contributed by atoms with van der Waals surface area (Å²) in [5.41, 5.74) is -5.34. The van der Waals surface area contributed by atoms with Gasteiger partial charge in [0.05, 0.1) is 57.6 Å². The van der Waals surface area contributed by atoms with Crippen LogP contribution in [0.15, 0.2) is 0 Å². The number of carbonyl (C=O) groups is 8. The Kier molecular flexibility index (Phi) is 28.4. The molecule has 0 amide bonds. The third-order valence-corrected chi connectivity index (χ3v) is 12.2. The monoisotopic (exact) mass is 971 g/mol. The first-order valence-electron chi connectivity index (χ1n) is 23.0. The minimum Gasteiger partial charge on any atom is -0.870 e. The van der Waals surface area contributed by atoms with Crippen LogP contribution in [0.5, 0.6) is 0 Å². The molecule has 0 spiro atoms. The van der Waals surface area contributed by atoms with E-state index in [0.29, 0.717) is 58.3 Å². The van der Waals surface area contributed by atoms with E-state index in [1.807, 2.05) is 20.8 Å². The molecule has 5 aliphatic rings. The molecule has 19 nitrogen and oxygen atoms in total. The van der Waals surface area contributed by atoms with Crippen molar-refractivity contribution in [2.45, 2.75) is 177 Å². The van der Waals surface area contributed by atoms with Gasteiger partial charge < -0.3 is 54.0 Å². The molecule has 0 unspecified atom stereocenters. The van der Waals surface area contributed by atoms with Crippen molar-refractivity contribution in [3.8, 4) is 0 Å². The second-order valence-corrected chi connectivity index (χ2v) is 19.1. The van der Waals surface area contributed by atoms with Gasteiger partial charge in [0.2, 0.25) is 0 Å². The topological polar surface area (TPSA) is 292 Å². The molecule has 0 radical (unpaired) electrons. The molecule has 0 saturated heterocycles. The molecule has 0 aromatic rings. The van der Waals surface area contributed by atoms with E-state index in [4.69, 9.17) is 43.7 Å². The number of aliphatic hydroxyl groups is 2. The summed E-state index contributed by atoms with van der Waals surface area (Å²) in [6.45, 7) is 18.8. The van der Waals surface area contributed by atoms with Gasteiger partial charge in [-0.15, -0.1) is 0 Å². The summed E-state index contributed by atoms with van der Waals surface area (Å²) in [4.78, 5) is 91.3. The summed E-state index contributed by atoms with van der Waals surface area (Å²) in [5.74, 6) is -3.86. The van der Waals surface area contributed by atoms with E-state index in [-0.39, 0.29) is 66.8 Å². The van der Waals surface area contributed by atoms with Crippen molar-refractivity contribution in [3.05, 3.63) is 0 Å². The summed E-state index contributed by atoms with van der Waals surface area (Å²) in [7, 11) is 1.36. The SMILES string of the molecule is CC(C)(C)OC(=O)C1(CO)CCC1.CCOC(=O)C1(C(=O)O)CCC1.CCOC(=O)C1(C(=O)OC(C)(C)C)CCC1.CCOC(=O)C1(C(=O)OCC)CCC1.COC(=O)C1(CO)CCC1.[Na+].[OH-]. The average Bonchev–Trinajstić information content (AvgIpc) is 3.10. The number of carboxylic acids is 1. The van der Waals surface area contributed by atoms with Crippen LogP contribution < -0.4 is 29.6 Å². The Morgan fingerprint density at radius 1 is 0.433 bits per heavy atom. The summed E-state index contributed by atoms with van der Waals surface area (Å²) in [6, 6.07) is 0. The quantitative estimate of drug-likeness (QED) is 0.0976. The third kappa shape index (κ3) is 17.5. The third-order valence-electron chi connectivity index (χ3n) is 12.2. The van der Waals surface area contributed by atoms with E-state index in [2.05, 4.69) is 4.74 Å². The number of carbonyl (C=O) groups excluding carboxylic acids is 7. The Balaban J connectivity index is 0. The zero-order chi connectivity index (χ0) is 49.9. The van der Waals surface area contributed by atoms with Gasteiger partial charge in [0.25, 0.3) is 0 Å². The smallest absolute Gasteiger partial charge is 0.870 e. The van der Waals surface area contributed by atoms with Crippen LogP contribution >= 0.6 is 0 Å². The van der Waals surface area contributed by atoms with Crippen molar-refractivity contribution in [1.82, 2.24) is 0 Å². The second-order valence-electron chi connectivity index (χ2n) is 19.1. The summed E-state index contributed by atoms with van der Waals surface area (Å²) in [5, 5.41) is 26.7. The van der Waals surface area contributed by atoms with Crippen LogP contribution in [0.1, 0.15) is 166 Å². The van der Waals surface area contributed by atoms with Crippen LogP contribution in [-0.2, 0) is 71.5 Å². The van der Waals surface area contributed by atoms with E-state index >= 15 is 0 Å². The fourth-order valence-electron chi connectivity index (χ4n) is 7.20. The molecule has 0 aliphatic heterocycles. The second kappa shape index (κ2) is 29.0. The molecule has 67 heavy (non-hydrogen) atoms. The number of aliphatic hydroxyl groups excluding tert-OH is 2. The van der Waals surface area contributed by atoms with Gasteiger partial charge in [0, 0.05) is 0 Å². The zero-order valence-electron chi connectivity index (χ0n) is 42.3. The van der Waals surface area contributed by atoms with Crippen LogP contribution in [0.4, 0.5) is 0 Å². The minimum atomic E-state index is -1.21. The molecule has 5 saturated carbocycles. The molecule has 0 aromatic heterocycles. The predicted molar refractivity (Wildman–Crippen MR) is 235 cm³/mol. The van der Waals surface area contributed by atoms with E-state index in [1.165, 1.54) is 7.11 Å². The first-order valence-corrected chi connectivity index (χ1v) is 23.0. The van der Waals surface area contributed by atoms with Crippen LogP contribution in [-0.4, -0.2) is 127 Å². The van der Waals surface area contributed by atoms with Crippen LogP contribution in [0.2, 0.25) is 0 Å². The van der Waals surface area contributed by atoms with E-state index < -0.39 is 74.1 Å². The summed E-state index contributed by atoms with van der Waals surface area (Å²) in [6.07, 6.45) is 10.7. The number of carboxylic acid groups (broad SMARTS) is 1. The number of hydrogen-bond donors (Lipinski definition) is 3.